The number of carbonyl (C=O) groups is 1. The number of hydrogen-bond acceptors (Lipinski definition) is 4. The third-order valence-corrected chi connectivity index (χ3v) is 4.47. The van der Waals surface area contributed by atoms with Gasteiger partial charge in [0.05, 0.1) is 11.1 Å². The van der Waals surface area contributed by atoms with Crippen LogP contribution in [-0.2, 0) is 4.79 Å². The van der Waals surface area contributed by atoms with Crippen LogP contribution in [0, 0.1) is 10.8 Å². The van der Waals surface area contributed by atoms with Crippen LogP contribution in [0.3, 0.4) is 0 Å². The van der Waals surface area contributed by atoms with E-state index in [1.54, 1.807) is 0 Å². The Balaban J connectivity index is 2.68. The van der Waals surface area contributed by atoms with Gasteiger partial charge in [-0.05, 0) is 45.0 Å². The van der Waals surface area contributed by atoms with Crippen LogP contribution in [0.15, 0.2) is 4.99 Å². The van der Waals surface area contributed by atoms with Crippen LogP contribution < -0.4 is 5.73 Å². The normalized spacial score (nSPS) is 21.5. The molecule has 1 unspecified atom stereocenters. The van der Waals surface area contributed by atoms with Crippen molar-refractivity contribution >= 4 is 27.9 Å². The van der Waals surface area contributed by atoms with Gasteiger partial charge in [0.1, 0.15) is 0 Å². The lowest BCUT2D eigenvalue weighted by Crippen LogP contribution is -2.40. The SMILES string of the molecule is CC(C)N1CCCC1C(=O)N=C(N)SC(=N)C(C)(C)C. The summed E-state index contributed by atoms with van der Waals surface area (Å²) in [5.41, 5.74) is 5.52. The average molecular weight is 298 g/mol. The molecule has 0 aliphatic carbocycles. The van der Waals surface area contributed by atoms with E-state index in [-0.39, 0.29) is 22.5 Å². The third-order valence-electron chi connectivity index (χ3n) is 3.35. The Labute approximate surface area is 125 Å². The average Bonchev–Trinajstić information content (AvgIpc) is 2.75. The quantitative estimate of drug-likeness (QED) is 0.606. The van der Waals surface area contributed by atoms with Gasteiger partial charge in [-0.25, -0.2) is 0 Å². The van der Waals surface area contributed by atoms with Gasteiger partial charge in [-0.3, -0.25) is 15.1 Å². The first-order valence-corrected chi connectivity index (χ1v) is 7.85. The Morgan fingerprint density at radius 2 is 2.05 bits per heavy atom. The summed E-state index contributed by atoms with van der Waals surface area (Å²) in [5.74, 6) is -0.178. The fourth-order valence-corrected chi connectivity index (χ4v) is 2.79. The number of nitrogens with two attached hydrogens (primary N) is 1. The van der Waals surface area contributed by atoms with Crippen molar-refractivity contribution in [1.82, 2.24) is 4.90 Å². The van der Waals surface area contributed by atoms with E-state index in [1.807, 2.05) is 20.8 Å². The van der Waals surface area contributed by atoms with E-state index in [1.165, 1.54) is 0 Å². The van der Waals surface area contributed by atoms with Crippen LogP contribution in [-0.4, -0.2) is 39.6 Å². The summed E-state index contributed by atoms with van der Waals surface area (Å²) in [7, 11) is 0. The topological polar surface area (TPSA) is 82.5 Å². The number of amides is 1. The molecule has 20 heavy (non-hydrogen) atoms. The van der Waals surface area contributed by atoms with Crippen LogP contribution in [0.25, 0.3) is 0 Å². The minimum Gasteiger partial charge on any atom is -0.378 e. The highest BCUT2D eigenvalue weighted by Gasteiger charge is 2.32. The molecule has 0 aromatic carbocycles. The Kier molecular flexibility index (Phi) is 5.77. The lowest BCUT2D eigenvalue weighted by molar-refractivity contribution is -0.122. The smallest absolute Gasteiger partial charge is 0.265 e. The first-order valence-electron chi connectivity index (χ1n) is 7.03. The number of hydrogen-bond donors (Lipinski definition) is 2. The first-order chi connectivity index (χ1) is 9.12. The zero-order chi connectivity index (χ0) is 15.5. The molecule has 6 heteroatoms. The van der Waals surface area contributed by atoms with Gasteiger partial charge < -0.3 is 5.73 Å². The molecule has 1 aliphatic heterocycles. The van der Waals surface area contributed by atoms with Crippen LogP contribution in [0.5, 0.6) is 0 Å². The fraction of sp³-hybridized carbons (Fsp3) is 0.786. The van der Waals surface area contributed by atoms with E-state index >= 15 is 0 Å². The summed E-state index contributed by atoms with van der Waals surface area (Å²) in [6.07, 6.45) is 1.87. The highest BCUT2D eigenvalue weighted by Crippen LogP contribution is 2.24. The standard InChI is InChI=1S/C14H26N4OS/c1-9(2)18-8-6-7-10(18)11(19)17-13(16)20-12(15)14(3,4)5/h9-10,15H,6-8H2,1-5H3,(H2,16,17,19). The second kappa shape index (κ2) is 6.72. The Hall–Kier alpha value is -0.880. The van der Waals surface area contributed by atoms with Crippen LogP contribution in [0.4, 0.5) is 0 Å². The van der Waals surface area contributed by atoms with Crippen LogP contribution >= 0.6 is 11.8 Å². The maximum absolute atomic E-state index is 12.2. The first kappa shape index (κ1) is 17.2. The van der Waals surface area contributed by atoms with Gasteiger partial charge in [0.15, 0.2) is 5.17 Å². The highest BCUT2D eigenvalue weighted by atomic mass is 32.2. The maximum atomic E-state index is 12.2. The molecule has 0 saturated carbocycles. The fourth-order valence-electron chi connectivity index (χ4n) is 2.14. The molecule has 0 aromatic heterocycles. The summed E-state index contributed by atoms with van der Waals surface area (Å²) in [5, 5.41) is 8.50. The number of amidine groups is 1. The van der Waals surface area contributed by atoms with E-state index in [0.717, 1.165) is 31.1 Å². The molecule has 0 aromatic rings. The number of aliphatic imine (C=N–C) groups is 1. The van der Waals surface area contributed by atoms with Crippen molar-refractivity contribution in [1.29, 1.82) is 5.41 Å². The van der Waals surface area contributed by atoms with Gasteiger partial charge in [-0.2, -0.15) is 4.99 Å². The second-order valence-electron chi connectivity index (χ2n) is 6.46. The maximum Gasteiger partial charge on any atom is 0.265 e. The molecule has 0 spiro atoms. The number of rotatable bonds is 2. The zero-order valence-corrected chi connectivity index (χ0v) is 13.9. The van der Waals surface area contributed by atoms with Crippen molar-refractivity contribution in [2.24, 2.45) is 16.1 Å². The third kappa shape index (κ3) is 4.59. The minimum atomic E-state index is -0.273. The molecule has 5 nitrogen and oxygen atoms in total. The number of likely N-dealkylation sites (tertiary alicyclic amines) is 1. The number of carbonyl (C=O) groups excluding carboxylic acids is 1. The van der Waals surface area contributed by atoms with Crippen molar-refractivity contribution in [3.63, 3.8) is 0 Å². The lowest BCUT2D eigenvalue weighted by Gasteiger charge is -2.25. The summed E-state index contributed by atoms with van der Waals surface area (Å²) >= 11 is 1.07. The van der Waals surface area contributed by atoms with Crippen LogP contribution in [0.2, 0.25) is 0 Å². The zero-order valence-electron chi connectivity index (χ0n) is 13.1. The largest absolute Gasteiger partial charge is 0.378 e. The molecule has 0 radical (unpaired) electrons. The number of nitrogens with one attached hydrogen (secondary N) is 1. The number of thioether (sulfide) groups is 1. The van der Waals surface area contributed by atoms with E-state index in [2.05, 4.69) is 23.7 Å². The predicted octanol–water partition coefficient (Wildman–Crippen LogP) is 2.46. The van der Waals surface area contributed by atoms with E-state index in [9.17, 15) is 4.79 Å². The summed E-state index contributed by atoms with van der Waals surface area (Å²) in [6.45, 7) is 10.9. The second-order valence-corrected chi connectivity index (χ2v) is 7.49. The summed E-state index contributed by atoms with van der Waals surface area (Å²) in [6, 6.07) is 0.182. The van der Waals surface area contributed by atoms with E-state index in [0.29, 0.717) is 11.1 Å². The van der Waals surface area contributed by atoms with E-state index in [4.69, 9.17) is 11.1 Å². The minimum absolute atomic E-state index is 0.155. The molecule has 1 rings (SSSR count). The molecule has 1 amide bonds. The molecule has 1 atom stereocenters. The summed E-state index contributed by atoms with van der Waals surface area (Å²) < 4.78 is 0. The van der Waals surface area contributed by atoms with Crippen molar-refractivity contribution in [3.05, 3.63) is 0 Å². The van der Waals surface area contributed by atoms with Gasteiger partial charge in [0, 0.05) is 11.5 Å². The molecule has 1 heterocycles. The molecular weight excluding hydrogens is 272 g/mol. The highest BCUT2D eigenvalue weighted by molar-refractivity contribution is 8.26. The van der Waals surface area contributed by atoms with Gasteiger partial charge in [-0.1, -0.05) is 20.8 Å². The van der Waals surface area contributed by atoms with E-state index < -0.39 is 0 Å². The Morgan fingerprint density at radius 1 is 1.45 bits per heavy atom. The van der Waals surface area contributed by atoms with Gasteiger partial charge in [-0.15, -0.1) is 0 Å². The Morgan fingerprint density at radius 3 is 2.55 bits per heavy atom. The van der Waals surface area contributed by atoms with Crippen LogP contribution in [0.1, 0.15) is 47.5 Å². The monoisotopic (exact) mass is 298 g/mol. The van der Waals surface area contributed by atoms with Crippen molar-refractivity contribution in [2.45, 2.75) is 59.5 Å². The summed E-state index contributed by atoms with van der Waals surface area (Å²) in [4.78, 5) is 18.4. The van der Waals surface area contributed by atoms with Crippen molar-refractivity contribution in [3.8, 4) is 0 Å². The predicted molar refractivity (Wildman–Crippen MR) is 86.3 cm³/mol. The molecule has 1 saturated heterocycles. The molecule has 114 valence electrons. The Bertz CT molecular complexity index is 412. The van der Waals surface area contributed by atoms with Gasteiger partial charge in [0.25, 0.3) is 5.91 Å². The number of nitrogens with zero attached hydrogens (tertiary/aromatic N) is 2. The van der Waals surface area contributed by atoms with Gasteiger partial charge >= 0.3 is 0 Å². The van der Waals surface area contributed by atoms with Crippen molar-refractivity contribution in [2.75, 3.05) is 6.54 Å². The van der Waals surface area contributed by atoms with Gasteiger partial charge in [0.2, 0.25) is 0 Å². The molecular formula is C14H26N4OS. The molecule has 0 bridgehead atoms. The molecule has 1 aliphatic rings. The molecule has 1 fully saturated rings. The molecule has 3 N–H and O–H groups in total. The lowest BCUT2D eigenvalue weighted by atomic mass is 9.99. The van der Waals surface area contributed by atoms with Crippen molar-refractivity contribution < 1.29 is 4.79 Å².